The van der Waals surface area contributed by atoms with E-state index in [1.54, 1.807) is 25.0 Å². The summed E-state index contributed by atoms with van der Waals surface area (Å²) in [7, 11) is 0. The van der Waals surface area contributed by atoms with Crippen LogP contribution in [0.3, 0.4) is 0 Å². The summed E-state index contributed by atoms with van der Waals surface area (Å²) in [5.41, 5.74) is 0. The Morgan fingerprint density at radius 3 is 1.82 bits per heavy atom. The van der Waals surface area contributed by atoms with E-state index in [1.165, 1.54) is 0 Å². The van der Waals surface area contributed by atoms with Crippen LogP contribution >= 0.6 is 0 Å². The molecule has 0 bridgehead atoms. The van der Waals surface area contributed by atoms with Gasteiger partial charge in [0.25, 0.3) is 0 Å². The molecule has 1 radical (unpaired) electrons. The number of nitrogens with zero attached hydrogens (tertiary/aromatic N) is 4. The number of hydrogen-bond donors (Lipinski definition) is 0. The third-order valence-electron chi connectivity index (χ3n) is 1.32. The summed E-state index contributed by atoms with van der Waals surface area (Å²) in [4.78, 5) is 7.80. The quantitative estimate of drug-likeness (QED) is 0.623. The highest BCUT2D eigenvalue weighted by atomic mass is 15.2. The third-order valence-corrected chi connectivity index (χ3v) is 1.32. The first-order chi connectivity index (χ1) is 5.45. The molecule has 2 rings (SSSR count). The van der Waals surface area contributed by atoms with Gasteiger partial charge in [-0.3, -0.25) is 0 Å². The smallest absolute Gasteiger partial charge is 0.152 e. The molecule has 0 aliphatic rings. The van der Waals surface area contributed by atoms with Crippen LogP contribution in [0.2, 0.25) is 0 Å². The molecule has 4 heteroatoms. The van der Waals surface area contributed by atoms with E-state index in [1.807, 2.05) is 28.2 Å². The Labute approximate surface area is 64.1 Å². The summed E-state index contributed by atoms with van der Waals surface area (Å²) < 4.78 is 3.70. The lowest BCUT2D eigenvalue weighted by Crippen LogP contribution is -1.99. The SMILES string of the molecule is [CH](n1ccnc1)n1ccnc1. The second-order valence-corrected chi connectivity index (χ2v) is 2.14. The van der Waals surface area contributed by atoms with Gasteiger partial charge in [0, 0.05) is 24.8 Å². The van der Waals surface area contributed by atoms with Gasteiger partial charge < -0.3 is 9.13 Å². The highest BCUT2D eigenvalue weighted by Crippen LogP contribution is 1.92. The van der Waals surface area contributed by atoms with E-state index in [0.29, 0.717) is 0 Å². The number of rotatable bonds is 2. The van der Waals surface area contributed by atoms with Gasteiger partial charge in [0.1, 0.15) is 0 Å². The lowest BCUT2D eigenvalue weighted by Gasteiger charge is -1.99. The predicted octanol–water partition coefficient (Wildman–Crippen LogP) is 0.595. The lowest BCUT2D eigenvalue weighted by atomic mass is 10.8. The molecular weight excluding hydrogens is 140 g/mol. The maximum atomic E-state index is 3.90. The van der Waals surface area contributed by atoms with Gasteiger partial charge in [-0.25, -0.2) is 9.97 Å². The van der Waals surface area contributed by atoms with Gasteiger partial charge >= 0.3 is 0 Å². The fourth-order valence-electron chi connectivity index (χ4n) is 0.829. The molecule has 0 aromatic carbocycles. The van der Waals surface area contributed by atoms with Gasteiger partial charge in [0.2, 0.25) is 0 Å². The summed E-state index contributed by atoms with van der Waals surface area (Å²) in [6, 6.07) is 0. The van der Waals surface area contributed by atoms with E-state index in [2.05, 4.69) is 9.97 Å². The van der Waals surface area contributed by atoms with Crippen molar-refractivity contribution in [1.82, 2.24) is 19.1 Å². The topological polar surface area (TPSA) is 35.6 Å². The van der Waals surface area contributed by atoms with Crippen LogP contribution < -0.4 is 0 Å². The second-order valence-electron chi connectivity index (χ2n) is 2.14. The van der Waals surface area contributed by atoms with Gasteiger partial charge in [-0.15, -0.1) is 0 Å². The largest absolute Gasteiger partial charge is 0.312 e. The molecule has 2 heterocycles. The van der Waals surface area contributed by atoms with Gasteiger partial charge in [-0.05, 0) is 0 Å². The fourth-order valence-corrected chi connectivity index (χ4v) is 0.829. The Kier molecular flexibility index (Phi) is 1.44. The fraction of sp³-hybridized carbons (Fsp3) is 0. The highest BCUT2D eigenvalue weighted by molar-refractivity contribution is 4.87. The number of aromatic nitrogens is 4. The summed E-state index contributed by atoms with van der Waals surface area (Å²) in [6.07, 6.45) is 10.6. The van der Waals surface area contributed by atoms with Crippen molar-refractivity contribution in [2.45, 2.75) is 0 Å². The first kappa shape index (κ1) is 6.15. The van der Waals surface area contributed by atoms with Crippen molar-refractivity contribution in [3.63, 3.8) is 0 Å². The summed E-state index contributed by atoms with van der Waals surface area (Å²) in [5.74, 6) is 0. The Morgan fingerprint density at radius 1 is 0.909 bits per heavy atom. The molecule has 55 valence electrons. The zero-order chi connectivity index (χ0) is 7.52. The van der Waals surface area contributed by atoms with Crippen LogP contribution in [0.4, 0.5) is 0 Å². The maximum absolute atomic E-state index is 3.90. The molecule has 0 saturated heterocycles. The Morgan fingerprint density at radius 2 is 1.45 bits per heavy atom. The first-order valence-electron chi connectivity index (χ1n) is 3.25. The number of hydrogen-bond acceptors (Lipinski definition) is 2. The Hall–Kier alpha value is -1.58. The van der Waals surface area contributed by atoms with Crippen molar-refractivity contribution < 1.29 is 0 Å². The van der Waals surface area contributed by atoms with Crippen molar-refractivity contribution >= 4 is 0 Å². The van der Waals surface area contributed by atoms with Crippen molar-refractivity contribution in [2.24, 2.45) is 0 Å². The van der Waals surface area contributed by atoms with E-state index >= 15 is 0 Å². The summed E-state index contributed by atoms with van der Waals surface area (Å²) >= 11 is 0. The van der Waals surface area contributed by atoms with Crippen LogP contribution in [0.25, 0.3) is 0 Å². The average molecular weight is 147 g/mol. The minimum absolute atomic E-state index is 1.72. The monoisotopic (exact) mass is 147 g/mol. The normalized spacial score (nSPS) is 10.2. The minimum atomic E-state index is 1.72. The van der Waals surface area contributed by atoms with E-state index in [9.17, 15) is 0 Å². The van der Waals surface area contributed by atoms with Crippen LogP contribution in [0.15, 0.2) is 37.4 Å². The van der Waals surface area contributed by atoms with Crippen LogP contribution in [0, 0.1) is 6.67 Å². The second kappa shape index (κ2) is 2.57. The molecule has 0 spiro atoms. The average Bonchev–Trinajstić information content (AvgIpc) is 2.60. The molecular formula is C7H7N4. The molecule has 2 aromatic heterocycles. The highest BCUT2D eigenvalue weighted by Gasteiger charge is 1.90. The van der Waals surface area contributed by atoms with Crippen molar-refractivity contribution in [1.29, 1.82) is 0 Å². The molecule has 11 heavy (non-hydrogen) atoms. The first-order valence-corrected chi connectivity index (χ1v) is 3.25. The predicted molar refractivity (Wildman–Crippen MR) is 39.6 cm³/mol. The molecule has 0 amide bonds. The molecule has 2 aromatic rings. The third kappa shape index (κ3) is 1.29. The van der Waals surface area contributed by atoms with Crippen LogP contribution in [-0.2, 0) is 0 Å². The molecule has 0 aliphatic carbocycles. The summed E-state index contributed by atoms with van der Waals surface area (Å²) in [6.45, 7) is 1.88. The van der Waals surface area contributed by atoms with Crippen molar-refractivity contribution in [3.8, 4) is 0 Å². The minimum Gasteiger partial charge on any atom is -0.312 e. The van der Waals surface area contributed by atoms with Gasteiger partial charge in [0.15, 0.2) is 6.67 Å². The van der Waals surface area contributed by atoms with E-state index in [4.69, 9.17) is 0 Å². The standard InChI is InChI=1S/C7H7N4/c1-3-10(5-8-1)7-11-4-2-9-6-11/h1-7H. The molecule has 4 nitrogen and oxygen atoms in total. The van der Waals surface area contributed by atoms with Gasteiger partial charge in [-0.1, -0.05) is 0 Å². The van der Waals surface area contributed by atoms with Gasteiger partial charge in [0.05, 0.1) is 12.7 Å². The van der Waals surface area contributed by atoms with Crippen LogP contribution in [0.1, 0.15) is 0 Å². The zero-order valence-electron chi connectivity index (χ0n) is 5.83. The van der Waals surface area contributed by atoms with E-state index < -0.39 is 0 Å². The van der Waals surface area contributed by atoms with E-state index in [0.717, 1.165) is 0 Å². The summed E-state index contributed by atoms with van der Waals surface area (Å²) in [5, 5.41) is 0. The molecule has 0 atom stereocenters. The lowest BCUT2D eigenvalue weighted by molar-refractivity contribution is 0.799. The zero-order valence-corrected chi connectivity index (χ0v) is 5.83. The molecule has 0 N–H and O–H groups in total. The van der Waals surface area contributed by atoms with E-state index in [-0.39, 0.29) is 0 Å². The molecule has 0 fully saturated rings. The van der Waals surface area contributed by atoms with Crippen molar-refractivity contribution in [3.05, 3.63) is 44.1 Å². The van der Waals surface area contributed by atoms with Crippen LogP contribution in [-0.4, -0.2) is 19.1 Å². The van der Waals surface area contributed by atoms with Crippen molar-refractivity contribution in [2.75, 3.05) is 0 Å². The van der Waals surface area contributed by atoms with Gasteiger partial charge in [-0.2, -0.15) is 0 Å². The molecule has 0 aliphatic heterocycles. The number of imidazole rings is 2. The molecule has 0 saturated carbocycles. The Bertz CT molecular complexity index is 263. The van der Waals surface area contributed by atoms with Crippen LogP contribution in [0.5, 0.6) is 0 Å². The molecule has 0 unspecified atom stereocenters. The Balaban J connectivity index is 2.14. The maximum Gasteiger partial charge on any atom is 0.152 e.